The average molecular weight is 251 g/mol. The second-order valence-electron chi connectivity index (χ2n) is 4.39. The Morgan fingerprint density at radius 1 is 1.11 bits per heavy atom. The standard InChI is InChI=1S/C17H17NO/c1-2-3-11-19-16-9-10-17(15(12-16)13-18)14-7-5-4-6-8-14/h4-10,12H,2-3,11H2,1H3. The van der Waals surface area contributed by atoms with Gasteiger partial charge in [-0.25, -0.2) is 0 Å². The first-order chi connectivity index (χ1) is 9.35. The highest BCUT2D eigenvalue weighted by Gasteiger charge is 2.06. The van der Waals surface area contributed by atoms with Gasteiger partial charge in [-0.3, -0.25) is 0 Å². The molecule has 0 amide bonds. The molecule has 0 N–H and O–H groups in total. The maximum atomic E-state index is 9.27. The summed E-state index contributed by atoms with van der Waals surface area (Å²) in [5.74, 6) is 0.768. The van der Waals surface area contributed by atoms with Gasteiger partial charge in [-0.15, -0.1) is 0 Å². The van der Waals surface area contributed by atoms with Crippen LogP contribution < -0.4 is 4.74 Å². The molecule has 0 saturated heterocycles. The van der Waals surface area contributed by atoms with Gasteiger partial charge >= 0.3 is 0 Å². The number of rotatable bonds is 5. The Hall–Kier alpha value is -2.27. The lowest BCUT2D eigenvalue weighted by Crippen LogP contribution is -1.97. The Morgan fingerprint density at radius 3 is 2.58 bits per heavy atom. The van der Waals surface area contributed by atoms with E-state index in [2.05, 4.69) is 13.0 Å². The van der Waals surface area contributed by atoms with Crippen molar-refractivity contribution in [3.05, 3.63) is 54.1 Å². The van der Waals surface area contributed by atoms with E-state index in [9.17, 15) is 5.26 Å². The van der Waals surface area contributed by atoms with Gasteiger partial charge in [0.2, 0.25) is 0 Å². The Labute approximate surface area is 114 Å². The van der Waals surface area contributed by atoms with Crippen molar-refractivity contribution in [1.82, 2.24) is 0 Å². The van der Waals surface area contributed by atoms with Crippen LogP contribution >= 0.6 is 0 Å². The average Bonchev–Trinajstić information content (AvgIpc) is 2.48. The summed E-state index contributed by atoms with van der Waals surface area (Å²) in [5, 5.41) is 9.27. The smallest absolute Gasteiger partial charge is 0.120 e. The lowest BCUT2D eigenvalue weighted by atomic mass is 10.0. The molecule has 0 radical (unpaired) electrons. The Balaban J connectivity index is 2.25. The fourth-order valence-corrected chi connectivity index (χ4v) is 1.91. The minimum atomic E-state index is 0.653. The lowest BCUT2D eigenvalue weighted by molar-refractivity contribution is 0.309. The van der Waals surface area contributed by atoms with Gasteiger partial charge in [-0.05, 0) is 35.7 Å². The van der Waals surface area contributed by atoms with Gasteiger partial charge in [0.1, 0.15) is 5.75 Å². The summed E-state index contributed by atoms with van der Waals surface area (Å²) in [5.41, 5.74) is 2.66. The summed E-state index contributed by atoms with van der Waals surface area (Å²) < 4.78 is 5.63. The number of nitrogens with zero attached hydrogens (tertiary/aromatic N) is 1. The monoisotopic (exact) mass is 251 g/mol. The number of benzene rings is 2. The van der Waals surface area contributed by atoms with Crippen LogP contribution in [-0.4, -0.2) is 6.61 Å². The molecule has 19 heavy (non-hydrogen) atoms. The molecular weight excluding hydrogens is 234 g/mol. The quantitative estimate of drug-likeness (QED) is 0.738. The summed E-state index contributed by atoms with van der Waals surface area (Å²) in [6.45, 7) is 2.83. The predicted molar refractivity (Wildman–Crippen MR) is 77.0 cm³/mol. The fraction of sp³-hybridized carbons (Fsp3) is 0.235. The highest BCUT2D eigenvalue weighted by molar-refractivity contribution is 5.71. The van der Waals surface area contributed by atoms with Crippen molar-refractivity contribution in [3.8, 4) is 22.9 Å². The van der Waals surface area contributed by atoms with Crippen LogP contribution in [0.2, 0.25) is 0 Å². The molecule has 0 heterocycles. The zero-order valence-electron chi connectivity index (χ0n) is 11.1. The third-order valence-electron chi connectivity index (χ3n) is 2.96. The molecule has 2 aromatic rings. The molecule has 0 bridgehead atoms. The van der Waals surface area contributed by atoms with E-state index < -0.39 is 0 Å². The first-order valence-corrected chi connectivity index (χ1v) is 6.57. The number of hydrogen-bond donors (Lipinski definition) is 0. The zero-order valence-corrected chi connectivity index (χ0v) is 11.1. The summed E-state index contributed by atoms with van der Waals surface area (Å²) in [6, 6.07) is 17.9. The number of ether oxygens (including phenoxy) is 1. The largest absolute Gasteiger partial charge is 0.494 e. The molecule has 96 valence electrons. The topological polar surface area (TPSA) is 33.0 Å². The van der Waals surface area contributed by atoms with E-state index in [1.807, 2.05) is 48.5 Å². The van der Waals surface area contributed by atoms with Gasteiger partial charge in [-0.2, -0.15) is 5.26 Å². The van der Waals surface area contributed by atoms with E-state index >= 15 is 0 Å². The van der Waals surface area contributed by atoms with Crippen LogP contribution in [-0.2, 0) is 0 Å². The molecule has 2 heteroatoms. The Bertz CT molecular complexity index is 570. The van der Waals surface area contributed by atoms with Crippen molar-refractivity contribution >= 4 is 0 Å². The lowest BCUT2D eigenvalue weighted by Gasteiger charge is -2.09. The molecular formula is C17H17NO. The Morgan fingerprint density at radius 2 is 1.89 bits per heavy atom. The number of unbranched alkanes of at least 4 members (excludes halogenated alkanes) is 1. The van der Waals surface area contributed by atoms with Crippen molar-refractivity contribution in [2.45, 2.75) is 19.8 Å². The van der Waals surface area contributed by atoms with Crippen molar-refractivity contribution in [1.29, 1.82) is 5.26 Å². The van der Waals surface area contributed by atoms with E-state index in [1.165, 1.54) is 0 Å². The molecule has 0 unspecified atom stereocenters. The van der Waals surface area contributed by atoms with Gasteiger partial charge < -0.3 is 4.74 Å². The molecule has 2 aromatic carbocycles. The number of hydrogen-bond acceptors (Lipinski definition) is 2. The van der Waals surface area contributed by atoms with Gasteiger partial charge in [-0.1, -0.05) is 43.7 Å². The summed E-state index contributed by atoms with van der Waals surface area (Å²) >= 11 is 0. The van der Waals surface area contributed by atoms with Crippen molar-refractivity contribution < 1.29 is 4.74 Å². The minimum absolute atomic E-state index is 0.653. The van der Waals surface area contributed by atoms with Gasteiger partial charge in [0.05, 0.1) is 18.2 Å². The fourth-order valence-electron chi connectivity index (χ4n) is 1.91. The summed E-state index contributed by atoms with van der Waals surface area (Å²) in [7, 11) is 0. The molecule has 0 aromatic heterocycles. The van der Waals surface area contributed by atoms with Crippen molar-refractivity contribution in [2.24, 2.45) is 0 Å². The van der Waals surface area contributed by atoms with E-state index in [0.29, 0.717) is 12.2 Å². The third-order valence-corrected chi connectivity index (χ3v) is 2.96. The van der Waals surface area contributed by atoms with E-state index in [-0.39, 0.29) is 0 Å². The van der Waals surface area contributed by atoms with Crippen LogP contribution in [0.3, 0.4) is 0 Å². The first kappa shape index (κ1) is 13.2. The van der Waals surface area contributed by atoms with E-state index in [1.54, 1.807) is 0 Å². The van der Waals surface area contributed by atoms with Gasteiger partial charge in [0.25, 0.3) is 0 Å². The Kier molecular flexibility index (Phi) is 4.58. The number of nitriles is 1. The highest BCUT2D eigenvalue weighted by atomic mass is 16.5. The molecule has 0 spiro atoms. The van der Waals surface area contributed by atoms with Gasteiger partial charge in [0, 0.05) is 0 Å². The predicted octanol–water partition coefficient (Wildman–Crippen LogP) is 4.40. The second kappa shape index (κ2) is 6.61. The molecule has 0 aliphatic rings. The van der Waals surface area contributed by atoms with E-state index in [0.717, 1.165) is 29.7 Å². The summed E-state index contributed by atoms with van der Waals surface area (Å²) in [4.78, 5) is 0. The molecule has 2 nitrogen and oxygen atoms in total. The molecule has 0 aliphatic carbocycles. The second-order valence-corrected chi connectivity index (χ2v) is 4.39. The van der Waals surface area contributed by atoms with Crippen molar-refractivity contribution in [2.75, 3.05) is 6.61 Å². The minimum Gasteiger partial charge on any atom is -0.494 e. The normalized spacial score (nSPS) is 9.89. The van der Waals surface area contributed by atoms with Crippen LogP contribution in [0, 0.1) is 11.3 Å². The zero-order chi connectivity index (χ0) is 13.5. The highest BCUT2D eigenvalue weighted by Crippen LogP contribution is 2.26. The third kappa shape index (κ3) is 3.35. The molecule has 0 saturated carbocycles. The van der Waals surface area contributed by atoms with Crippen LogP contribution in [0.1, 0.15) is 25.3 Å². The molecule has 0 aliphatic heterocycles. The maximum absolute atomic E-state index is 9.27. The van der Waals surface area contributed by atoms with Crippen molar-refractivity contribution in [3.63, 3.8) is 0 Å². The van der Waals surface area contributed by atoms with Crippen LogP contribution in [0.5, 0.6) is 5.75 Å². The van der Waals surface area contributed by atoms with Gasteiger partial charge in [0.15, 0.2) is 0 Å². The SMILES string of the molecule is CCCCOc1ccc(-c2ccccc2)c(C#N)c1. The van der Waals surface area contributed by atoms with Crippen LogP contribution in [0.4, 0.5) is 0 Å². The first-order valence-electron chi connectivity index (χ1n) is 6.57. The molecule has 0 atom stereocenters. The molecule has 0 fully saturated rings. The van der Waals surface area contributed by atoms with E-state index in [4.69, 9.17) is 4.74 Å². The maximum Gasteiger partial charge on any atom is 0.120 e. The summed E-state index contributed by atoms with van der Waals surface area (Å²) in [6.07, 6.45) is 2.13. The van der Waals surface area contributed by atoms with Crippen LogP contribution in [0.15, 0.2) is 48.5 Å². The van der Waals surface area contributed by atoms with Crippen LogP contribution in [0.25, 0.3) is 11.1 Å². The molecule has 2 rings (SSSR count).